The van der Waals surface area contributed by atoms with E-state index in [2.05, 4.69) is 12.1 Å². The summed E-state index contributed by atoms with van der Waals surface area (Å²) in [5, 5.41) is 0. The zero-order valence-electron chi connectivity index (χ0n) is 10.5. The molecule has 0 saturated heterocycles. The van der Waals surface area contributed by atoms with Crippen molar-refractivity contribution in [2.24, 2.45) is 0 Å². The Balaban J connectivity index is 2.82. The fourth-order valence-electron chi connectivity index (χ4n) is 1.79. The summed E-state index contributed by atoms with van der Waals surface area (Å²) in [7, 11) is 2.29. The molecule has 3 nitrogen and oxygen atoms in total. The van der Waals surface area contributed by atoms with Gasteiger partial charge in [0.05, 0.1) is 0 Å². The van der Waals surface area contributed by atoms with Crippen molar-refractivity contribution in [1.29, 1.82) is 0 Å². The average molecular weight is 275 g/mol. The van der Waals surface area contributed by atoms with Crippen molar-refractivity contribution in [3.8, 4) is 0 Å². The molecule has 0 spiro atoms. The van der Waals surface area contributed by atoms with E-state index in [9.17, 15) is 0 Å². The molecule has 0 fully saturated rings. The van der Waals surface area contributed by atoms with Crippen molar-refractivity contribution in [2.75, 3.05) is 27.2 Å². The van der Waals surface area contributed by atoms with Crippen LogP contribution < -0.4 is 0 Å². The molecule has 0 aliphatic carbocycles. The van der Waals surface area contributed by atoms with Gasteiger partial charge in [0.15, 0.2) is 0 Å². The Labute approximate surface area is 109 Å². The SMILES string of the molecule is CO[Si](CC(CCl)c1ccccc1)(OC)OC. The highest BCUT2D eigenvalue weighted by Crippen LogP contribution is 2.28. The smallest absolute Gasteiger partial charge is 0.377 e. The van der Waals surface area contributed by atoms with Crippen molar-refractivity contribution in [1.82, 2.24) is 0 Å². The lowest BCUT2D eigenvalue weighted by molar-refractivity contribution is 0.122. The van der Waals surface area contributed by atoms with E-state index in [0.717, 1.165) is 0 Å². The number of alkyl halides is 1. The molecule has 96 valence electrons. The van der Waals surface area contributed by atoms with Crippen LogP contribution in [0.3, 0.4) is 0 Å². The molecule has 1 aromatic carbocycles. The van der Waals surface area contributed by atoms with Gasteiger partial charge in [0.25, 0.3) is 0 Å². The minimum atomic E-state index is -2.57. The topological polar surface area (TPSA) is 27.7 Å². The van der Waals surface area contributed by atoms with Crippen molar-refractivity contribution in [2.45, 2.75) is 12.0 Å². The molecule has 0 heterocycles. The van der Waals surface area contributed by atoms with E-state index in [1.807, 2.05) is 18.2 Å². The first-order chi connectivity index (χ1) is 8.21. The summed E-state index contributed by atoms with van der Waals surface area (Å²) in [5.74, 6) is 0.707. The Bertz CT molecular complexity index is 309. The van der Waals surface area contributed by atoms with Gasteiger partial charge in [-0.15, -0.1) is 11.6 Å². The molecule has 0 aliphatic heterocycles. The number of rotatable bonds is 7. The molecular weight excluding hydrogens is 256 g/mol. The minimum absolute atomic E-state index is 0.185. The summed E-state index contributed by atoms with van der Waals surface area (Å²) >= 11 is 6.03. The van der Waals surface area contributed by atoms with Gasteiger partial charge in [-0.2, -0.15) is 0 Å². The summed E-state index contributed by atoms with van der Waals surface area (Å²) < 4.78 is 16.3. The lowest BCUT2D eigenvalue weighted by Gasteiger charge is -2.28. The molecule has 1 aromatic rings. The second-order valence-electron chi connectivity index (χ2n) is 3.76. The largest absolute Gasteiger partial charge is 0.500 e. The van der Waals surface area contributed by atoms with Gasteiger partial charge in [0.2, 0.25) is 0 Å². The first-order valence-corrected chi connectivity index (χ1v) is 7.94. The standard InChI is InChI=1S/C12H19ClO3Si/c1-14-17(15-2,16-3)10-12(9-13)11-7-5-4-6-8-11/h4-8,12H,9-10H2,1-3H3. The van der Waals surface area contributed by atoms with Crippen LogP contribution in [0.15, 0.2) is 30.3 Å². The quantitative estimate of drug-likeness (QED) is 0.565. The summed E-state index contributed by atoms with van der Waals surface area (Å²) in [6.45, 7) is 0. The Morgan fingerprint density at radius 2 is 1.59 bits per heavy atom. The van der Waals surface area contributed by atoms with Gasteiger partial charge in [0, 0.05) is 39.2 Å². The Morgan fingerprint density at radius 3 is 2.00 bits per heavy atom. The van der Waals surface area contributed by atoms with Crippen LogP contribution >= 0.6 is 11.6 Å². The maximum absolute atomic E-state index is 6.03. The van der Waals surface area contributed by atoms with Crippen LogP contribution in [0.25, 0.3) is 0 Å². The van der Waals surface area contributed by atoms with Crippen LogP contribution in [0.1, 0.15) is 11.5 Å². The minimum Gasteiger partial charge on any atom is -0.377 e. The number of benzene rings is 1. The Hall–Kier alpha value is -0.393. The first-order valence-electron chi connectivity index (χ1n) is 5.47. The van der Waals surface area contributed by atoms with Crippen molar-refractivity contribution >= 4 is 20.4 Å². The van der Waals surface area contributed by atoms with Crippen LogP contribution in [0, 0.1) is 0 Å². The average Bonchev–Trinajstić information content (AvgIpc) is 2.42. The number of hydrogen-bond acceptors (Lipinski definition) is 3. The normalized spacial score (nSPS) is 13.6. The van der Waals surface area contributed by atoms with Gasteiger partial charge >= 0.3 is 8.80 Å². The Kier molecular flexibility index (Phi) is 6.15. The third-order valence-corrected chi connectivity index (χ3v) is 6.12. The van der Waals surface area contributed by atoms with Crippen LogP contribution in [0.4, 0.5) is 0 Å². The highest BCUT2D eigenvalue weighted by molar-refractivity contribution is 6.60. The van der Waals surface area contributed by atoms with E-state index in [-0.39, 0.29) is 5.92 Å². The third-order valence-electron chi connectivity index (χ3n) is 2.89. The third kappa shape index (κ3) is 3.79. The van der Waals surface area contributed by atoms with Gasteiger partial charge in [-0.25, -0.2) is 0 Å². The maximum Gasteiger partial charge on any atom is 0.500 e. The van der Waals surface area contributed by atoms with Gasteiger partial charge in [-0.3, -0.25) is 0 Å². The molecule has 0 N–H and O–H groups in total. The first kappa shape index (κ1) is 14.7. The van der Waals surface area contributed by atoms with Crippen molar-refractivity contribution in [3.63, 3.8) is 0 Å². The van der Waals surface area contributed by atoms with Gasteiger partial charge < -0.3 is 13.3 Å². The molecule has 5 heteroatoms. The molecule has 0 radical (unpaired) electrons. The zero-order valence-corrected chi connectivity index (χ0v) is 12.2. The van der Waals surface area contributed by atoms with Gasteiger partial charge in [-0.05, 0) is 5.56 Å². The summed E-state index contributed by atoms with van der Waals surface area (Å²) in [4.78, 5) is 0. The lowest BCUT2D eigenvalue weighted by Crippen LogP contribution is -2.44. The second kappa shape index (κ2) is 7.13. The van der Waals surface area contributed by atoms with E-state index < -0.39 is 8.80 Å². The van der Waals surface area contributed by atoms with Crippen LogP contribution in [0.2, 0.25) is 6.04 Å². The summed E-state index contributed by atoms with van der Waals surface area (Å²) in [6, 6.07) is 10.8. The van der Waals surface area contributed by atoms with E-state index in [4.69, 9.17) is 24.9 Å². The Morgan fingerprint density at radius 1 is 1.06 bits per heavy atom. The van der Waals surface area contributed by atoms with Crippen LogP contribution in [-0.2, 0) is 13.3 Å². The maximum atomic E-state index is 6.03. The number of hydrogen-bond donors (Lipinski definition) is 0. The zero-order chi connectivity index (χ0) is 12.7. The van der Waals surface area contributed by atoms with Crippen molar-refractivity contribution < 1.29 is 13.3 Å². The molecule has 0 bridgehead atoms. The molecule has 17 heavy (non-hydrogen) atoms. The van der Waals surface area contributed by atoms with E-state index in [0.29, 0.717) is 11.9 Å². The van der Waals surface area contributed by atoms with Crippen LogP contribution in [0.5, 0.6) is 0 Å². The predicted octanol–water partition coefficient (Wildman–Crippen LogP) is 2.89. The fourth-order valence-corrected chi connectivity index (χ4v) is 4.24. The molecule has 0 saturated carbocycles. The van der Waals surface area contributed by atoms with E-state index in [1.54, 1.807) is 21.3 Å². The molecule has 1 unspecified atom stereocenters. The summed E-state index contributed by atoms with van der Waals surface area (Å²) in [5.41, 5.74) is 1.19. The monoisotopic (exact) mass is 274 g/mol. The molecule has 1 rings (SSSR count). The van der Waals surface area contributed by atoms with Crippen LogP contribution in [-0.4, -0.2) is 36.0 Å². The highest BCUT2D eigenvalue weighted by atomic mass is 35.5. The predicted molar refractivity (Wildman–Crippen MR) is 71.5 cm³/mol. The molecule has 0 aliphatic rings. The second-order valence-corrected chi connectivity index (χ2v) is 7.07. The molecule has 1 atom stereocenters. The highest BCUT2D eigenvalue weighted by Gasteiger charge is 2.40. The molecule has 0 aromatic heterocycles. The fraction of sp³-hybridized carbons (Fsp3) is 0.500. The summed E-state index contributed by atoms with van der Waals surface area (Å²) in [6.07, 6.45) is 0. The molecule has 0 amide bonds. The van der Waals surface area contributed by atoms with Crippen molar-refractivity contribution in [3.05, 3.63) is 35.9 Å². The van der Waals surface area contributed by atoms with E-state index in [1.165, 1.54) is 5.56 Å². The number of halogens is 1. The lowest BCUT2D eigenvalue weighted by atomic mass is 10.0. The van der Waals surface area contributed by atoms with Gasteiger partial charge in [0.1, 0.15) is 0 Å². The van der Waals surface area contributed by atoms with Gasteiger partial charge in [-0.1, -0.05) is 30.3 Å². The molecular formula is C12H19ClO3Si. The van der Waals surface area contributed by atoms with E-state index >= 15 is 0 Å².